The summed E-state index contributed by atoms with van der Waals surface area (Å²) in [6, 6.07) is 8.43. The Morgan fingerprint density at radius 1 is 1.24 bits per heavy atom. The van der Waals surface area contributed by atoms with E-state index in [-0.39, 0.29) is 17.7 Å². The number of rotatable bonds is 8. The summed E-state index contributed by atoms with van der Waals surface area (Å²) in [6.45, 7) is 7.00. The van der Waals surface area contributed by atoms with Crippen LogP contribution in [0.4, 0.5) is 0 Å². The lowest BCUT2D eigenvalue weighted by Gasteiger charge is -2.21. The lowest BCUT2D eigenvalue weighted by atomic mass is 9.85. The van der Waals surface area contributed by atoms with Crippen molar-refractivity contribution < 1.29 is 13.2 Å². The predicted octanol–water partition coefficient (Wildman–Crippen LogP) is 3.46. The second kappa shape index (κ2) is 8.84. The zero-order valence-electron chi connectivity index (χ0n) is 15.6. The van der Waals surface area contributed by atoms with E-state index in [1.807, 2.05) is 0 Å². The van der Waals surface area contributed by atoms with Gasteiger partial charge in [-0.2, -0.15) is 0 Å². The molecule has 0 saturated carbocycles. The van der Waals surface area contributed by atoms with Crippen molar-refractivity contribution in [2.75, 3.05) is 18.1 Å². The molecule has 1 amide bonds. The molecule has 1 aliphatic rings. The molecule has 1 fully saturated rings. The summed E-state index contributed by atoms with van der Waals surface area (Å²) in [4.78, 5) is 12.3. The van der Waals surface area contributed by atoms with E-state index in [4.69, 9.17) is 0 Å². The van der Waals surface area contributed by atoms with Crippen LogP contribution >= 0.6 is 0 Å². The minimum Gasteiger partial charge on any atom is -0.356 e. The Bertz CT molecular complexity index is 665. The first kappa shape index (κ1) is 20.0. The van der Waals surface area contributed by atoms with E-state index in [2.05, 4.69) is 50.4 Å². The fourth-order valence-corrected chi connectivity index (χ4v) is 5.45. The van der Waals surface area contributed by atoms with E-state index in [0.29, 0.717) is 30.4 Å². The number of sulfone groups is 1. The van der Waals surface area contributed by atoms with Gasteiger partial charge in [-0.1, -0.05) is 43.7 Å². The minimum atomic E-state index is -2.80. The molecule has 0 bridgehead atoms. The molecule has 0 radical (unpaired) electrons. The number of hydrogen-bond acceptors (Lipinski definition) is 3. The van der Waals surface area contributed by atoms with Gasteiger partial charge in [-0.3, -0.25) is 4.79 Å². The van der Waals surface area contributed by atoms with Crippen molar-refractivity contribution in [1.29, 1.82) is 0 Å². The second-order valence-corrected chi connectivity index (χ2v) is 9.96. The van der Waals surface area contributed by atoms with Crippen molar-refractivity contribution in [1.82, 2.24) is 5.32 Å². The van der Waals surface area contributed by atoms with E-state index < -0.39 is 9.84 Å². The largest absolute Gasteiger partial charge is 0.356 e. The van der Waals surface area contributed by atoms with E-state index >= 15 is 0 Å². The van der Waals surface area contributed by atoms with Crippen LogP contribution < -0.4 is 5.32 Å². The zero-order valence-corrected chi connectivity index (χ0v) is 16.4. The smallest absolute Gasteiger partial charge is 0.220 e. The fourth-order valence-electron chi connectivity index (χ4n) is 3.54. The number of carbonyl (C=O) groups is 1. The van der Waals surface area contributed by atoms with Gasteiger partial charge in [0.1, 0.15) is 0 Å². The highest BCUT2D eigenvalue weighted by molar-refractivity contribution is 7.91. The van der Waals surface area contributed by atoms with Gasteiger partial charge in [-0.25, -0.2) is 8.42 Å². The van der Waals surface area contributed by atoms with Crippen molar-refractivity contribution in [2.24, 2.45) is 11.8 Å². The first-order chi connectivity index (χ1) is 11.8. The molecule has 0 aromatic heterocycles. The van der Waals surface area contributed by atoms with Crippen molar-refractivity contribution in [2.45, 2.75) is 52.4 Å². The summed E-state index contributed by atoms with van der Waals surface area (Å²) in [6.07, 6.45) is 3.01. The highest BCUT2D eigenvalue weighted by Gasteiger charge is 2.27. The third kappa shape index (κ3) is 6.46. The van der Waals surface area contributed by atoms with Crippen molar-refractivity contribution in [3.8, 4) is 0 Å². The minimum absolute atomic E-state index is 0.0818. The third-order valence-corrected chi connectivity index (χ3v) is 6.99. The van der Waals surface area contributed by atoms with Crippen LogP contribution in [-0.4, -0.2) is 32.4 Å². The molecule has 1 saturated heterocycles. The van der Waals surface area contributed by atoms with E-state index in [9.17, 15) is 13.2 Å². The molecule has 2 rings (SSSR count). The Labute approximate surface area is 152 Å². The lowest BCUT2D eigenvalue weighted by molar-refractivity contribution is -0.121. The van der Waals surface area contributed by atoms with Crippen LogP contribution in [0, 0.1) is 18.8 Å². The molecule has 1 aromatic rings. The Hall–Kier alpha value is -1.36. The number of aryl methyl sites for hydroxylation is 1. The maximum absolute atomic E-state index is 12.3. The first-order valence-corrected chi connectivity index (χ1v) is 11.1. The molecule has 2 atom stereocenters. The van der Waals surface area contributed by atoms with Gasteiger partial charge in [0.2, 0.25) is 5.91 Å². The van der Waals surface area contributed by atoms with E-state index in [1.165, 1.54) is 11.1 Å². The maximum Gasteiger partial charge on any atom is 0.220 e. The Kier molecular flexibility index (Phi) is 7.05. The van der Waals surface area contributed by atoms with Crippen LogP contribution in [0.1, 0.15) is 56.6 Å². The van der Waals surface area contributed by atoms with Gasteiger partial charge in [-0.15, -0.1) is 0 Å². The summed E-state index contributed by atoms with van der Waals surface area (Å²) in [7, 11) is -2.80. The number of hydrogen-bond donors (Lipinski definition) is 1. The van der Waals surface area contributed by atoms with E-state index in [0.717, 1.165) is 19.3 Å². The molecule has 0 aliphatic carbocycles. The van der Waals surface area contributed by atoms with Gasteiger partial charge >= 0.3 is 0 Å². The molecule has 1 aliphatic heterocycles. The number of nitrogens with one attached hydrogen (secondary N) is 1. The van der Waals surface area contributed by atoms with Crippen LogP contribution in [0.5, 0.6) is 0 Å². The van der Waals surface area contributed by atoms with Gasteiger partial charge in [0, 0.05) is 13.0 Å². The summed E-state index contributed by atoms with van der Waals surface area (Å²) in [5, 5.41) is 3.01. The topological polar surface area (TPSA) is 63.2 Å². The number of amides is 1. The summed E-state index contributed by atoms with van der Waals surface area (Å²) in [5.41, 5.74) is 2.44. The van der Waals surface area contributed by atoms with Gasteiger partial charge in [0.15, 0.2) is 9.84 Å². The molecule has 5 heteroatoms. The van der Waals surface area contributed by atoms with Crippen molar-refractivity contribution in [3.05, 3.63) is 35.4 Å². The highest BCUT2D eigenvalue weighted by Crippen LogP contribution is 2.28. The molecule has 2 unspecified atom stereocenters. The average molecular weight is 366 g/mol. The molecule has 1 heterocycles. The highest BCUT2D eigenvalue weighted by atomic mass is 32.2. The first-order valence-electron chi connectivity index (χ1n) is 9.30. The second-order valence-electron chi connectivity index (χ2n) is 7.73. The standard InChI is InChI=1S/C20H31NO3S/c1-15(2)19(18-8-6-16(3)7-9-18)13-20(22)21-11-4-5-17-10-12-25(23,24)14-17/h6-9,15,17,19H,4-5,10-14H2,1-3H3,(H,21,22). The maximum atomic E-state index is 12.3. The lowest BCUT2D eigenvalue weighted by Crippen LogP contribution is -2.27. The van der Waals surface area contributed by atoms with Crippen LogP contribution in [0.2, 0.25) is 0 Å². The van der Waals surface area contributed by atoms with Crippen LogP contribution in [0.3, 0.4) is 0 Å². The number of benzene rings is 1. The van der Waals surface area contributed by atoms with Crippen LogP contribution in [-0.2, 0) is 14.6 Å². The van der Waals surface area contributed by atoms with Gasteiger partial charge in [-0.05, 0) is 49.5 Å². The molecule has 4 nitrogen and oxygen atoms in total. The van der Waals surface area contributed by atoms with Crippen LogP contribution in [0.25, 0.3) is 0 Å². The SMILES string of the molecule is Cc1ccc(C(CC(=O)NCCCC2CCS(=O)(=O)C2)C(C)C)cc1. The molecular formula is C20H31NO3S. The third-order valence-electron chi connectivity index (χ3n) is 5.15. The molecule has 1 aromatic carbocycles. The normalized spacial score (nSPS) is 20.6. The predicted molar refractivity (Wildman–Crippen MR) is 102 cm³/mol. The van der Waals surface area contributed by atoms with Crippen molar-refractivity contribution in [3.63, 3.8) is 0 Å². The summed E-state index contributed by atoms with van der Waals surface area (Å²) in [5.74, 6) is 1.63. The molecule has 0 spiro atoms. The monoisotopic (exact) mass is 365 g/mol. The molecular weight excluding hydrogens is 334 g/mol. The fraction of sp³-hybridized carbons (Fsp3) is 0.650. The average Bonchev–Trinajstić information content (AvgIpc) is 2.89. The van der Waals surface area contributed by atoms with E-state index in [1.54, 1.807) is 0 Å². The molecule has 1 N–H and O–H groups in total. The molecule has 25 heavy (non-hydrogen) atoms. The van der Waals surface area contributed by atoms with Gasteiger partial charge in [0.05, 0.1) is 11.5 Å². The van der Waals surface area contributed by atoms with Gasteiger partial charge in [0.25, 0.3) is 0 Å². The van der Waals surface area contributed by atoms with Crippen LogP contribution in [0.15, 0.2) is 24.3 Å². The Morgan fingerprint density at radius 3 is 2.48 bits per heavy atom. The Balaban J connectivity index is 1.75. The summed E-state index contributed by atoms with van der Waals surface area (Å²) < 4.78 is 22.9. The Morgan fingerprint density at radius 2 is 1.92 bits per heavy atom. The zero-order chi connectivity index (χ0) is 18.4. The van der Waals surface area contributed by atoms with Gasteiger partial charge < -0.3 is 5.32 Å². The molecule has 140 valence electrons. The summed E-state index contributed by atoms with van der Waals surface area (Å²) >= 11 is 0. The van der Waals surface area contributed by atoms with Crippen molar-refractivity contribution >= 4 is 15.7 Å². The quantitative estimate of drug-likeness (QED) is 0.718. The number of carbonyl (C=O) groups excluding carboxylic acids is 1.